The molecule has 0 fully saturated rings. The van der Waals surface area contributed by atoms with Gasteiger partial charge in [-0.1, -0.05) is 42.5 Å². The van der Waals surface area contributed by atoms with Crippen molar-refractivity contribution in [2.24, 2.45) is 0 Å². The van der Waals surface area contributed by atoms with E-state index in [2.05, 4.69) is 29.4 Å². The molecule has 0 amide bonds. The molecule has 1 aromatic heterocycles. The van der Waals surface area contributed by atoms with E-state index < -0.39 is 0 Å². The van der Waals surface area contributed by atoms with Crippen molar-refractivity contribution >= 4 is 28.2 Å². The van der Waals surface area contributed by atoms with Crippen molar-refractivity contribution in [3.05, 3.63) is 99.8 Å². The highest BCUT2D eigenvalue weighted by atomic mass is 32.1. The van der Waals surface area contributed by atoms with Gasteiger partial charge in [-0.05, 0) is 54.5 Å². The molecular weight excluding hydrogens is 474 g/mol. The molecule has 0 saturated heterocycles. The van der Waals surface area contributed by atoms with Crippen LogP contribution < -0.4 is 25.1 Å². The number of nitrogens with zero attached hydrogens (tertiary/aromatic N) is 1. The zero-order valence-electron chi connectivity index (χ0n) is 20.1. The van der Waals surface area contributed by atoms with Gasteiger partial charge < -0.3 is 29.4 Å². The van der Waals surface area contributed by atoms with E-state index >= 15 is 0 Å². The average molecular weight is 502 g/mol. The molecule has 36 heavy (non-hydrogen) atoms. The minimum atomic E-state index is -0.167. The molecule has 1 aliphatic heterocycles. The summed E-state index contributed by atoms with van der Waals surface area (Å²) in [4.78, 5) is 18.0. The first kappa shape index (κ1) is 23.7. The highest BCUT2D eigenvalue weighted by molar-refractivity contribution is 7.80. The number of rotatable bonds is 7. The van der Waals surface area contributed by atoms with Gasteiger partial charge in [0.25, 0.3) is 5.56 Å². The quantitative estimate of drug-likeness (QED) is 0.349. The molecule has 1 atom stereocenters. The van der Waals surface area contributed by atoms with E-state index in [1.54, 1.807) is 13.2 Å². The summed E-state index contributed by atoms with van der Waals surface area (Å²) in [5.41, 5.74) is 3.32. The zero-order valence-corrected chi connectivity index (χ0v) is 20.9. The van der Waals surface area contributed by atoms with Gasteiger partial charge in [0.15, 0.2) is 16.6 Å². The third kappa shape index (κ3) is 5.13. The third-order valence-electron chi connectivity index (χ3n) is 6.23. The predicted octanol–water partition coefficient (Wildman–Crippen LogP) is 4.90. The van der Waals surface area contributed by atoms with E-state index in [0.717, 1.165) is 22.3 Å². The van der Waals surface area contributed by atoms with E-state index in [-0.39, 0.29) is 18.4 Å². The summed E-state index contributed by atoms with van der Waals surface area (Å²) in [6.45, 7) is 3.10. The molecule has 0 aliphatic carbocycles. The van der Waals surface area contributed by atoms with Crippen LogP contribution in [0.15, 0.2) is 77.6 Å². The lowest BCUT2D eigenvalue weighted by molar-refractivity contribution is 0.174. The van der Waals surface area contributed by atoms with Gasteiger partial charge in [-0.2, -0.15) is 0 Å². The normalized spacial score (nSPS) is 12.8. The van der Waals surface area contributed by atoms with Crippen LogP contribution in [-0.2, 0) is 13.1 Å². The lowest BCUT2D eigenvalue weighted by Crippen LogP contribution is -2.41. The van der Waals surface area contributed by atoms with Crippen molar-refractivity contribution in [3.63, 3.8) is 0 Å². The standard InChI is InChI=1S/C28H27N3O4S/c1-18(20-6-4-3-5-7-20)29-28(36)31(15-19-8-10-23(33-2)11-9-19)16-22-12-21-13-25-26(35-17-34-25)14-24(21)30-27(22)32/h3-14,18H,15-17H2,1-2H3,(H,29,36)(H,30,32). The number of H-pyrrole nitrogens is 1. The highest BCUT2D eigenvalue weighted by Crippen LogP contribution is 2.35. The molecule has 5 rings (SSSR count). The number of hydrogen-bond acceptors (Lipinski definition) is 5. The SMILES string of the molecule is COc1ccc(CN(Cc2cc3cc4c(cc3[nH]c2=O)OCO4)C(=S)NC(C)c2ccccc2)cc1. The maximum atomic E-state index is 13.0. The molecule has 3 aromatic carbocycles. The minimum Gasteiger partial charge on any atom is -0.497 e. The number of pyridine rings is 1. The fourth-order valence-electron chi connectivity index (χ4n) is 4.22. The molecule has 4 aromatic rings. The number of hydrogen-bond donors (Lipinski definition) is 2. The van der Waals surface area contributed by atoms with Crippen LogP contribution in [0.3, 0.4) is 0 Å². The smallest absolute Gasteiger partial charge is 0.253 e. The van der Waals surface area contributed by atoms with Gasteiger partial charge in [0.05, 0.1) is 25.2 Å². The second-order valence-corrected chi connectivity index (χ2v) is 9.09. The summed E-state index contributed by atoms with van der Waals surface area (Å²) in [6, 6.07) is 23.5. The van der Waals surface area contributed by atoms with E-state index in [1.807, 2.05) is 59.5 Å². The molecule has 0 spiro atoms. The Labute approximate surface area is 214 Å². The number of ether oxygens (including phenoxy) is 3. The summed E-state index contributed by atoms with van der Waals surface area (Å²) >= 11 is 5.84. The van der Waals surface area contributed by atoms with E-state index in [0.29, 0.717) is 40.8 Å². The third-order valence-corrected chi connectivity index (χ3v) is 6.61. The van der Waals surface area contributed by atoms with Gasteiger partial charge >= 0.3 is 0 Å². The number of methoxy groups -OCH3 is 1. The number of fused-ring (bicyclic) bond motifs is 2. The van der Waals surface area contributed by atoms with Crippen molar-refractivity contribution in [2.45, 2.75) is 26.1 Å². The van der Waals surface area contributed by atoms with Gasteiger partial charge in [-0.15, -0.1) is 0 Å². The second-order valence-electron chi connectivity index (χ2n) is 8.70. The van der Waals surface area contributed by atoms with Crippen molar-refractivity contribution < 1.29 is 14.2 Å². The Morgan fingerprint density at radius 2 is 1.78 bits per heavy atom. The predicted molar refractivity (Wildman–Crippen MR) is 144 cm³/mol. The van der Waals surface area contributed by atoms with Gasteiger partial charge in [0.1, 0.15) is 5.75 Å². The van der Waals surface area contributed by atoms with E-state index in [9.17, 15) is 4.79 Å². The van der Waals surface area contributed by atoms with E-state index in [4.69, 9.17) is 26.4 Å². The topological polar surface area (TPSA) is 75.8 Å². The Morgan fingerprint density at radius 1 is 1.06 bits per heavy atom. The maximum absolute atomic E-state index is 13.0. The Kier molecular flexibility index (Phi) is 6.77. The Morgan fingerprint density at radius 3 is 2.50 bits per heavy atom. The van der Waals surface area contributed by atoms with Gasteiger partial charge in [0, 0.05) is 23.6 Å². The molecule has 7 nitrogen and oxygen atoms in total. The molecule has 8 heteroatoms. The number of aromatic amines is 1. The Bertz CT molecular complexity index is 1440. The number of nitrogens with one attached hydrogen (secondary N) is 2. The molecule has 2 heterocycles. The lowest BCUT2D eigenvalue weighted by Gasteiger charge is -2.28. The van der Waals surface area contributed by atoms with Gasteiger partial charge in [-0.3, -0.25) is 4.79 Å². The minimum absolute atomic E-state index is 0.00620. The van der Waals surface area contributed by atoms with Crippen LogP contribution in [-0.4, -0.2) is 28.9 Å². The van der Waals surface area contributed by atoms with Crippen molar-refractivity contribution in [3.8, 4) is 17.2 Å². The number of aromatic nitrogens is 1. The van der Waals surface area contributed by atoms with Crippen LogP contribution in [0, 0.1) is 0 Å². The monoisotopic (exact) mass is 501 g/mol. The zero-order chi connectivity index (χ0) is 25.1. The number of benzene rings is 3. The maximum Gasteiger partial charge on any atom is 0.253 e. The molecule has 0 radical (unpaired) electrons. The molecule has 184 valence electrons. The van der Waals surface area contributed by atoms with Crippen LogP contribution in [0.5, 0.6) is 17.2 Å². The van der Waals surface area contributed by atoms with Crippen molar-refractivity contribution in [1.29, 1.82) is 0 Å². The van der Waals surface area contributed by atoms with Crippen molar-refractivity contribution in [1.82, 2.24) is 15.2 Å². The first-order valence-corrected chi connectivity index (χ1v) is 12.1. The molecule has 1 aliphatic rings. The first-order valence-electron chi connectivity index (χ1n) is 11.7. The Balaban J connectivity index is 1.43. The summed E-state index contributed by atoms with van der Waals surface area (Å²) in [5, 5.41) is 4.87. The van der Waals surface area contributed by atoms with Gasteiger partial charge in [0.2, 0.25) is 6.79 Å². The summed E-state index contributed by atoms with van der Waals surface area (Å²) in [7, 11) is 1.64. The number of thiocarbonyl (C=S) groups is 1. The lowest BCUT2D eigenvalue weighted by atomic mass is 10.1. The summed E-state index contributed by atoms with van der Waals surface area (Å²) in [6.07, 6.45) is 0. The molecule has 2 N–H and O–H groups in total. The highest BCUT2D eigenvalue weighted by Gasteiger charge is 2.19. The molecular formula is C28H27N3O4S. The average Bonchev–Trinajstić information content (AvgIpc) is 3.35. The van der Waals surface area contributed by atoms with Crippen LogP contribution in [0.2, 0.25) is 0 Å². The van der Waals surface area contributed by atoms with Gasteiger partial charge in [-0.25, -0.2) is 0 Å². The molecule has 0 saturated carbocycles. The summed E-state index contributed by atoms with van der Waals surface area (Å²) in [5.74, 6) is 2.09. The fourth-order valence-corrected chi connectivity index (χ4v) is 4.52. The Hall–Kier alpha value is -4.04. The largest absolute Gasteiger partial charge is 0.497 e. The molecule has 1 unspecified atom stereocenters. The van der Waals surface area contributed by atoms with Crippen molar-refractivity contribution in [2.75, 3.05) is 13.9 Å². The first-order chi connectivity index (χ1) is 17.5. The van der Waals surface area contributed by atoms with Crippen LogP contribution in [0.25, 0.3) is 10.9 Å². The van der Waals surface area contributed by atoms with Crippen LogP contribution in [0.1, 0.15) is 29.7 Å². The molecule has 0 bridgehead atoms. The van der Waals surface area contributed by atoms with Crippen LogP contribution in [0.4, 0.5) is 0 Å². The van der Waals surface area contributed by atoms with E-state index in [1.165, 1.54) is 0 Å². The van der Waals surface area contributed by atoms with Crippen LogP contribution >= 0.6 is 12.2 Å². The summed E-state index contributed by atoms with van der Waals surface area (Å²) < 4.78 is 16.2. The second kappa shape index (κ2) is 10.3. The fraction of sp³-hybridized carbons (Fsp3) is 0.214.